The lowest BCUT2D eigenvalue weighted by atomic mass is 10.0. The summed E-state index contributed by atoms with van der Waals surface area (Å²) in [5.74, 6) is -1.74. The van der Waals surface area contributed by atoms with Gasteiger partial charge in [-0.25, -0.2) is 9.59 Å². The van der Waals surface area contributed by atoms with Crippen LogP contribution in [0, 0.1) is 0 Å². The van der Waals surface area contributed by atoms with E-state index in [1.807, 2.05) is 83.4 Å². The van der Waals surface area contributed by atoms with Gasteiger partial charge in [-0.3, -0.25) is 19.4 Å². The Balaban J connectivity index is 1.78. The summed E-state index contributed by atoms with van der Waals surface area (Å²) in [7, 11) is 2.70. The van der Waals surface area contributed by atoms with Gasteiger partial charge in [0.1, 0.15) is 5.57 Å². The highest BCUT2D eigenvalue weighted by Gasteiger charge is 2.38. The topological polar surface area (TPSA) is 88.9 Å². The number of hydrogen-bond acceptors (Lipinski definition) is 5. The number of barbiturate groups is 1. The van der Waals surface area contributed by atoms with Crippen molar-refractivity contribution in [3.8, 4) is 28.2 Å². The van der Waals surface area contributed by atoms with Gasteiger partial charge in [0.2, 0.25) is 0 Å². The second-order valence-corrected chi connectivity index (χ2v) is 9.24. The second kappa shape index (κ2) is 10.9. The molecule has 2 heterocycles. The third kappa shape index (κ3) is 4.71. The van der Waals surface area contributed by atoms with Crippen molar-refractivity contribution < 1.29 is 23.9 Å². The molecule has 0 atom stereocenters. The van der Waals surface area contributed by atoms with E-state index in [4.69, 9.17) is 4.74 Å². The number of hydrogen-bond donors (Lipinski definition) is 0. The quantitative estimate of drug-likeness (QED) is 0.188. The lowest BCUT2D eigenvalue weighted by Crippen LogP contribution is -2.52. The molecule has 40 heavy (non-hydrogen) atoms. The molecule has 0 bridgehead atoms. The summed E-state index contributed by atoms with van der Waals surface area (Å²) in [5, 5.41) is 0. The molecule has 0 unspecified atom stereocenters. The molecule has 3 aromatic carbocycles. The predicted molar refractivity (Wildman–Crippen MR) is 152 cm³/mol. The minimum atomic E-state index is -0.681. The number of imide groups is 2. The first kappa shape index (κ1) is 26.4. The van der Waals surface area contributed by atoms with Crippen LogP contribution in [0.3, 0.4) is 0 Å². The van der Waals surface area contributed by atoms with E-state index in [-0.39, 0.29) is 12.2 Å². The normalized spacial score (nSPS) is 13.6. The molecule has 0 saturated carbocycles. The standard InChI is InChI=1S/C32H27N3O5/c1-4-40-31(38)23-15-17-25(18-16-23)35-27(21-11-7-5-8-12-21)20-24(28(35)22-13-9-6-10-14-22)19-26-29(36)33(2)32(39)34(3)30(26)37/h5-20H,4H2,1-3H3. The molecule has 1 saturated heterocycles. The SMILES string of the molecule is CCOC(=O)c1ccc(-n2c(-c3ccccc3)cc(C=C3C(=O)N(C)C(=O)N(C)C3=O)c2-c2ccccc2)cc1. The molecule has 0 radical (unpaired) electrons. The fourth-order valence-electron chi connectivity index (χ4n) is 4.71. The minimum Gasteiger partial charge on any atom is -0.462 e. The van der Waals surface area contributed by atoms with Crippen LogP contribution in [0.25, 0.3) is 34.3 Å². The number of likely N-dealkylation sites (N-methyl/N-ethyl adjacent to an activating group) is 2. The van der Waals surface area contributed by atoms with Gasteiger partial charge in [0.05, 0.1) is 23.6 Å². The van der Waals surface area contributed by atoms with Crippen molar-refractivity contribution in [2.75, 3.05) is 20.7 Å². The Kier molecular flexibility index (Phi) is 7.16. The number of esters is 1. The van der Waals surface area contributed by atoms with E-state index >= 15 is 0 Å². The van der Waals surface area contributed by atoms with E-state index in [0.29, 0.717) is 11.1 Å². The zero-order valence-corrected chi connectivity index (χ0v) is 22.3. The Bertz CT molecular complexity index is 1610. The Labute approximate surface area is 231 Å². The Morgan fingerprint density at radius 1 is 0.775 bits per heavy atom. The molecule has 1 fully saturated rings. The minimum absolute atomic E-state index is 0.115. The smallest absolute Gasteiger partial charge is 0.338 e. The van der Waals surface area contributed by atoms with Crippen LogP contribution >= 0.6 is 0 Å². The third-order valence-electron chi connectivity index (χ3n) is 6.73. The maximum atomic E-state index is 13.1. The highest BCUT2D eigenvalue weighted by molar-refractivity contribution is 6.30. The Hall–Kier alpha value is -5.24. The summed E-state index contributed by atoms with van der Waals surface area (Å²) in [4.78, 5) is 52.6. The predicted octanol–water partition coefficient (Wildman–Crippen LogP) is 5.42. The number of nitrogens with zero attached hydrogens (tertiary/aromatic N) is 3. The van der Waals surface area contributed by atoms with Gasteiger partial charge in [0.25, 0.3) is 11.8 Å². The van der Waals surface area contributed by atoms with Crippen molar-refractivity contribution in [2.45, 2.75) is 6.92 Å². The number of carbonyl (C=O) groups is 4. The highest BCUT2D eigenvalue weighted by Crippen LogP contribution is 2.37. The van der Waals surface area contributed by atoms with Gasteiger partial charge in [0.15, 0.2) is 0 Å². The summed E-state index contributed by atoms with van der Waals surface area (Å²) >= 11 is 0. The van der Waals surface area contributed by atoms with E-state index in [0.717, 1.165) is 38.0 Å². The van der Waals surface area contributed by atoms with E-state index in [2.05, 4.69) is 0 Å². The molecule has 1 aliphatic rings. The number of benzene rings is 3. The second-order valence-electron chi connectivity index (χ2n) is 9.24. The van der Waals surface area contributed by atoms with Crippen LogP contribution in [0.5, 0.6) is 0 Å². The summed E-state index contributed by atoms with van der Waals surface area (Å²) in [6.45, 7) is 2.04. The van der Waals surface area contributed by atoms with Crippen LogP contribution in [-0.4, -0.2) is 58.9 Å². The first-order valence-electron chi connectivity index (χ1n) is 12.8. The van der Waals surface area contributed by atoms with Crippen molar-refractivity contribution in [3.05, 3.63) is 108 Å². The summed E-state index contributed by atoms with van der Waals surface area (Å²) in [6, 6.07) is 27.7. The van der Waals surface area contributed by atoms with Crippen molar-refractivity contribution in [3.63, 3.8) is 0 Å². The van der Waals surface area contributed by atoms with Gasteiger partial charge in [-0.05, 0) is 54.5 Å². The lowest BCUT2D eigenvalue weighted by molar-refractivity contribution is -0.134. The molecule has 5 rings (SSSR count). The highest BCUT2D eigenvalue weighted by atomic mass is 16.5. The van der Waals surface area contributed by atoms with E-state index in [1.165, 1.54) is 14.1 Å². The van der Waals surface area contributed by atoms with Crippen LogP contribution in [0.1, 0.15) is 22.8 Å². The van der Waals surface area contributed by atoms with Crippen LogP contribution < -0.4 is 0 Å². The van der Waals surface area contributed by atoms with Crippen molar-refractivity contribution >= 4 is 29.9 Å². The summed E-state index contributed by atoms with van der Waals surface area (Å²) < 4.78 is 7.17. The zero-order valence-electron chi connectivity index (χ0n) is 22.3. The van der Waals surface area contributed by atoms with Gasteiger partial charge < -0.3 is 9.30 Å². The average Bonchev–Trinajstić information content (AvgIpc) is 3.37. The molecule has 0 aliphatic carbocycles. The Morgan fingerprint density at radius 3 is 1.88 bits per heavy atom. The van der Waals surface area contributed by atoms with Crippen LogP contribution in [-0.2, 0) is 14.3 Å². The molecule has 1 aromatic heterocycles. The maximum Gasteiger partial charge on any atom is 0.338 e. The van der Waals surface area contributed by atoms with Crippen LogP contribution in [0.15, 0.2) is 96.6 Å². The van der Waals surface area contributed by atoms with E-state index < -0.39 is 23.8 Å². The van der Waals surface area contributed by atoms with Crippen molar-refractivity contribution in [1.29, 1.82) is 0 Å². The Morgan fingerprint density at radius 2 is 1.32 bits per heavy atom. The van der Waals surface area contributed by atoms with Crippen molar-refractivity contribution in [1.82, 2.24) is 14.4 Å². The number of carbonyl (C=O) groups excluding carboxylic acids is 4. The number of ether oxygens (including phenoxy) is 1. The summed E-state index contributed by atoms with van der Waals surface area (Å²) in [5.41, 5.74) is 4.99. The van der Waals surface area contributed by atoms with Gasteiger partial charge in [-0.1, -0.05) is 60.7 Å². The van der Waals surface area contributed by atoms with Crippen LogP contribution in [0.4, 0.5) is 4.79 Å². The number of aromatic nitrogens is 1. The average molecular weight is 534 g/mol. The maximum absolute atomic E-state index is 13.1. The molecular formula is C32H27N3O5. The molecule has 8 nitrogen and oxygen atoms in total. The van der Waals surface area contributed by atoms with E-state index in [1.54, 1.807) is 25.1 Å². The van der Waals surface area contributed by atoms with Gasteiger partial charge in [-0.2, -0.15) is 0 Å². The molecule has 200 valence electrons. The monoisotopic (exact) mass is 533 g/mol. The molecule has 4 amide bonds. The molecule has 1 aliphatic heterocycles. The molecule has 0 N–H and O–H groups in total. The van der Waals surface area contributed by atoms with Gasteiger partial charge in [0, 0.05) is 25.3 Å². The first-order chi connectivity index (χ1) is 19.3. The molecule has 0 spiro atoms. The molecule has 8 heteroatoms. The number of urea groups is 1. The lowest BCUT2D eigenvalue weighted by Gasteiger charge is -2.28. The van der Waals surface area contributed by atoms with Crippen LogP contribution in [0.2, 0.25) is 0 Å². The molecule has 4 aromatic rings. The summed E-state index contributed by atoms with van der Waals surface area (Å²) in [6.07, 6.45) is 1.54. The molecular weight excluding hydrogens is 506 g/mol. The third-order valence-corrected chi connectivity index (χ3v) is 6.73. The van der Waals surface area contributed by atoms with Gasteiger partial charge >= 0.3 is 12.0 Å². The fourth-order valence-corrected chi connectivity index (χ4v) is 4.71. The number of amides is 4. The van der Waals surface area contributed by atoms with Crippen molar-refractivity contribution in [2.24, 2.45) is 0 Å². The first-order valence-corrected chi connectivity index (χ1v) is 12.8. The van der Waals surface area contributed by atoms with E-state index in [9.17, 15) is 19.2 Å². The largest absolute Gasteiger partial charge is 0.462 e. The van der Waals surface area contributed by atoms with Gasteiger partial charge in [-0.15, -0.1) is 0 Å². The zero-order chi connectivity index (χ0) is 28.4. The fraction of sp³-hybridized carbons (Fsp3) is 0.125. The number of rotatable bonds is 6.